The molecule has 0 radical (unpaired) electrons. The van der Waals surface area contributed by atoms with Crippen LogP contribution in [0.15, 0.2) is 49.3 Å². The number of nitrogens with zero attached hydrogens (tertiary/aromatic N) is 2. The summed E-state index contributed by atoms with van der Waals surface area (Å²) >= 11 is 0. The predicted octanol–water partition coefficient (Wildman–Crippen LogP) is 3.30. The molecule has 0 atom stereocenters. The van der Waals surface area contributed by atoms with Crippen molar-refractivity contribution in [1.29, 1.82) is 0 Å². The fourth-order valence-corrected chi connectivity index (χ4v) is 1.61. The highest BCUT2D eigenvalue weighted by atomic mass is 16.6. The molecule has 0 N–H and O–H groups in total. The van der Waals surface area contributed by atoms with E-state index in [9.17, 15) is 10.1 Å². The minimum Gasteiger partial charge on any atom is -0.265 e. The molecule has 0 fully saturated rings. The van der Waals surface area contributed by atoms with E-state index in [1.807, 2.05) is 12.1 Å². The van der Waals surface area contributed by atoms with Crippen LogP contribution in [0.3, 0.4) is 0 Å². The lowest BCUT2D eigenvalue weighted by molar-refractivity contribution is -0.385. The van der Waals surface area contributed by atoms with Crippen molar-refractivity contribution in [3.8, 4) is 11.1 Å². The summed E-state index contributed by atoms with van der Waals surface area (Å²) in [5.74, 6) is 0. The van der Waals surface area contributed by atoms with Crippen LogP contribution in [0, 0.1) is 10.1 Å². The summed E-state index contributed by atoms with van der Waals surface area (Å²) in [6.07, 6.45) is 4.86. The fraction of sp³-hybridized carbons (Fsp3) is 0. The number of hydrogen-bond donors (Lipinski definition) is 0. The first kappa shape index (κ1) is 11.0. The van der Waals surface area contributed by atoms with Gasteiger partial charge in [0.05, 0.1) is 10.5 Å². The molecule has 0 aliphatic heterocycles. The Balaban J connectivity index is 2.53. The lowest BCUT2D eigenvalue weighted by atomic mass is 10.0. The van der Waals surface area contributed by atoms with Crippen LogP contribution in [0.2, 0.25) is 0 Å². The Morgan fingerprint density at radius 1 is 1.18 bits per heavy atom. The van der Waals surface area contributed by atoms with Crippen LogP contribution < -0.4 is 0 Å². The lowest BCUT2D eigenvalue weighted by Gasteiger charge is -2.03. The highest BCUT2D eigenvalue weighted by Gasteiger charge is 2.11. The maximum Gasteiger partial charge on any atom is 0.276 e. The van der Waals surface area contributed by atoms with Gasteiger partial charge in [-0.2, -0.15) is 0 Å². The van der Waals surface area contributed by atoms with Crippen LogP contribution in [0.1, 0.15) is 5.56 Å². The van der Waals surface area contributed by atoms with E-state index < -0.39 is 4.92 Å². The number of aromatic nitrogens is 1. The maximum atomic E-state index is 10.8. The zero-order chi connectivity index (χ0) is 12.3. The zero-order valence-electron chi connectivity index (χ0n) is 9.04. The molecule has 4 heteroatoms. The molecule has 2 rings (SSSR count). The molecule has 2 aromatic rings. The molecule has 4 nitrogen and oxygen atoms in total. The summed E-state index contributed by atoms with van der Waals surface area (Å²) in [6.45, 7) is 3.59. The van der Waals surface area contributed by atoms with Crippen LogP contribution in [-0.2, 0) is 0 Å². The van der Waals surface area contributed by atoms with Gasteiger partial charge in [0.15, 0.2) is 0 Å². The second-order valence-electron chi connectivity index (χ2n) is 3.47. The Labute approximate surface area is 98.4 Å². The first-order valence-electron chi connectivity index (χ1n) is 5.03. The van der Waals surface area contributed by atoms with Gasteiger partial charge in [-0.05, 0) is 35.4 Å². The minimum absolute atomic E-state index is 0.0674. The second-order valence-corrected chi connectivity index (χ2v) is 3.47. The molecule has 0 amide bonds. The average Bonchev–Trinajstić information content (AvgIpc) is 2.39. The van der Waals surface area contributed by atoms with Gasteiger partial charge in [-0.1, -0.05) is 12.7 Å². The third-order valence-electron chi connectivity index (χ3n) is 2.46. The van der Waals surface area contributed by atoms with E-state index >= 15 is 0 Å². The lowest BCUT2D eigenvalue weighted by Crippen LogP contribution is -1.91. The first-order chi connectivity index (χ1) is 8.22. The maximum absolute atomic E-state index is 10.8. The van der Waals surface area contributed by atoms with Crippen molar-refractivity contribution < 1.29 is 4.92 Å². The van der Waals surface area contributed by atoms with Crippen molar-refractivity contribution in [2.45, 2.75) is 0 Å². The van der Waals surface area contributed by atoms with Crippen LogP contribution in [0.5, 0.6) is 0 Å². The van der Waals surface area contributed by atoms with Crippen molar-refractivity contribution in [2.24, 2.45) is 0 Å². The Morgan fingerprint density at radius 2 is 1.88 bits per heavy atom. The van der Waals surface area contributed by atoms with Crippen LogP contribution in [-0.4, -0.2) is 9.91 Å². The van der Waals surface area contributed by atoms with Crippen molar-refractivity contribution in [3.63, 3.8) is 0 Å². The van der Waals surface area contributed by atoms with E-state index in [-0.39, 0.29) is 5.69 Å². The van der Waals surface area contributed by atoms with Gasteiger partial charge < -0.3 is 0 Å². The van der Waals surface area contributed by atoms with Gasteiger partial charge in [0.1, 0.15) is 0 Å². The summed E-state index contributed by atoms with van der Waals surface area (Å²) in [6, 6.07) is 8.68. The summed E-state index contributed by atoms with van der Waals surface area (Å²) in [5, 5.41) is 10.8. The van der Waals surface area contributed by atoms with Crippen molar-refractivity contribution >= 4 is 11.8 Å². The van der Waals surface area contributed by atoms with Crippen molar-refractivity contribution in [2.75, 3.05) is 0 Å². The van der Waals surface area contributed by atoms with Crippen LogP contribution in [0.25, 0.3) is 17.2 Å². The largest absolute Gasteiger partial charge is 0.276 e. The number of nitro benzene ring substituents is 1. The fourth-order valence-electron chi connectivity index (χ4n) is 1.61. The number of rotatable bonds is 3. The molecule has 0 saturated carbocycles. The quantitative estimate of drug-likeness (QED) is 0.596. The molecule has 17 heavy (non-hydrogen) atoms. The molecule has 1 aromatic carbocycles. The average molecular weight is 226 g/mol. The number of hydrogen-bond acceptors (Lipinski definition) is 3. The summed E-state index contributed by atoms with van der Waals surface area (Å²) < 4.78 is 0. The summed E-state index contributed by atoms with van der Waals surface area (Å²) in [5.41, 5.74) is 2.47. The van der Waals surface area contributed by atoms with Gasteiger partial charge in [0.2, 0.25) is 0 Å². The predicted molar refractivity (Wildman–Crippen MR) is 66.4 cm³/mol. The molecule has 1 heterocycles. The van der Waals surface area contributed by atoms with Gasteiger partial charge in [0, 0.05) is 18.5 Å². The van der Waals surface area contributed by atoms with Crippen LogP contribution >= 0.6 is 0 Å². The minimum atomic E-state index is -0.409. The Morgan fingerprint density at radius 3 is 2.47 bits per heavy atom. The first-order valence-corrected chi connectivity index (χ1v) is 5.03. The molecule has 0 bridgehead atoms. The van der Waals surface area contributed by atoms with Gasteiger partial charge in [0.25, 0.3) is 5.69 Å². The molecule has 0 saturated heterocycles. The van der Waals surface area contributed by atoms with Gasteiger partial charge in [-0.25, -0.2) is 0 Å². The third kappa shape index (κ3) is 2.20. The number of nitro groups is 1. The Hall–Kier alpha value is -2.49. The van der Waals surface area contributed by atoms with Crippen LogP contribution in [0.4, 0.5) is 5.69 Å². The van der Waals surface area contributed by atoms with Crippen molar-refractivity contribution in [1.82, 2.24) is 4.98 Å². The molecule has 84 valence electrons. The molecule has 0 spiro atoms. The van der Waals surface area contributed by atoms with E-state index in [1.54, 1.807) is 24.5 Å². The highest BCUT2D eigenvalue weighted by molar-refractivity contribution is 5.71. The summed E-state index contributed by atoms with van der Waals surface area (Å²) in [4.78, 5) is 14.3. The molecule has 0 unspecified atom stereocenters. The highest BCUT2D eigenvalue weighted by Crippen LogP contribution is 2.26. The molecule has 0 aliphatic rings. The molecular weight excluding hydrogens is 216 g/mol. The SMILES string of the molecule is C=Cc1cc(-c2ccncc2)ccc1[N+](=O)[O-]. The Bertz CT molecular complexity index is 565. The van der Waals surface area contributed by atoms with Gasteiger partial charge in [-0.15, -0.1) is 0 Å². The molecule has 0 aliphatic carbocycles. The smallest absolute Gasteiger partial charge is 0.265 e. The van der Waals surface area contributed by atoms with E-state index in [0.29, 0.717) is 5.56 Å². The monoisotopic (exact) mass is 226 g/mol. The molecule has 1 aromatic heterocycles. The van der Waals surface area contributed by atoms with E-state index in [1.165, 1.54) is 12.1 Å². The van der Waals surface area contributed by atoms with E-state index in [0.717, 1.165) is 11.1 Å². The normalized spacial score (nSPS) is 9.88. The van der Waals surface area contributed by atoms with E-state index in [2.05, 4.69) is 11.6 Å². The zero-order valence-corrected chi connectivity index (χ0v) is 9.04. The third-order valence-corrected chi connectivity index (χ3v) is 2.46. The van der Waals surface area contributed by atoms with E-state index in [4.69, 9.17) is 0 Å². The topological polar surface area (TPSA) is 56.0 Å². The Kier molecular flexibility index (Phi) is 2.96. The van der Waals surface area contributed by atoms with Gasteiger partial charge >= 0.3 is 0 Å². The number of benzene rings is 1. The second kappa shape index (κ2) is 4.57. The van der Waals surface area contributed by atoms with Crippen molar-refractivity contribution in [3.05, 3.63) is 65.0 Å². The number of pyridine rings is 1. The standard InChI is InChI=1S/C13H10N2O2/c1-2-10-9-12(3-4-13(10)15(16)17)11-5-7-14-8-6-11/h2-9H,1H2. The summed E-state index contributed by atoms with van der Waals surface area (Å²) in [7, 11) is 0. The molecular formula is C13H10N2O2. The van der Waals surface area contributed by atoms with Gasteiger partial charge in [-0.3, -0.25) is 15.1 Å².